The minimum Gasteiger partial charge on any atom is -0.348 e. The van der Waals surface area contributed by atoms with Crippen LogP contribution in [0.15, 0.2) is 82.7 Å². The third-order valence-corrected chi connectivity index (χ3v) is 7.56. The van der Waals surface area contributed by atoms with E-state index in [1.54, 1.807) is 28.8 Å². The Kier molecular flexibility index (Phi) is 8.69. The molecule has 1 N–H and O–H groups in total. The zero-order valence-corrected chi connectivity index (χ0v) is 23.2. The molecule has 6 nitrogen and oxygen atoms in total. The summed E-state index contributed by atoms with van der Waals surface area (Å²) < 4.78 is 1.63. The number of aryl methyl sites for hydroxylation is 1. The summed E-state index contributed by atoms with van der Waals surface area (Å²) in [5, 5.41) is 4.34. The van der Waals surface area contributed by atoms with Gasteiger partial charge in [0.05, 0.1) is 16.7 Å². The molecule has 0 unspecified atom stereocenters. The van der Waals surface area contributed by atoms with Crippen molar-refractivity contribution in [3.63, 3.8) is 0 Å². The van der Waals surface area contributed by atoms with E-state index in [1.165, 1.54) is 11.8 Å². The molecule has 0 atom stereocenters. The van der Waals surface area contributed by atoms with Crippen LogP contribution < -0.4 is 10.9 Å². The van der Waals surface area contributed by atoms with Gasteiger partial charge in [-0.1, -0.05) is 92.7 Å². The number of amides is 1. The van der Waals surface area contributed by atoms with E-state index in [0.29, 0.717) is 39.6 Å². The smallest absolute Gasteiger partial charge is 0.262 e. The minimum absolute atomic E-state index is 0.0687. The van der Waals surface area contributed by atoms with Gasteiger partial charge in [0.1, 0.15) is 5.78 Å². The van der Waals surface area contributed by atoms with E-state index in [-0.39, 0.29) is 29.5 Å². The van der Waals surface area contributed by atoms with Gasteiger partial charge in [-0.15, -0.1) is 0 Å². The summed E-state index contributed by atoms with van der Waals surface area (Å²) in [7, 11) is 0. The summed E-state index contributed by atoms with van der Waals surface area (Å²) in [4.78, 5) is 43.8. The van der Waals surface area contributed by atoms with Gasteiger partial charge in [0.15, 0.2) is 5.16 Å². The molecule has 196 valence electrons. The fourth-order valence-corrected chi connectivity index (χ4v) is 5.19. The summed E-state index contributed by atoms with van der Waals surface area (Å²) >= 11 is 7.46. The maximum absolute atomic E-state index is 13.6. The molecule has 0 saturated heterocycles. The van der Waals surface area contributed by atoms with Crippen molar-refractivity contribution >= 4 is 46.0 Å². The van der Waals surface area contributed by atoms with Gasteiger partial charge >= 0.3 is 0 Å². The molecular weight excluding hydrogens is 518 g/mol. The lowest BCUT2D eigenvalue weighted by molar-refractivity contribution is -0.123. The first-order valence-corrected chi connectivity index (χ1v) is 13.8. The number of nitrogens with zero attached hydrogens (tertiary/aromatic N) is 2. The number of fused-ring (bicyclic) bond motifs is 1. The van der Waals surface area contributed by atoms with E-state index < -0.39 is 5.41 Å². The summed E-state index contributed by atoms with van der Waals surface area (Å²) in [6.07, 6.45) is 0.650. The molecule has 4 aromatic rings. The number of hydrogen-bond acceptors (Lipinski definition) is 5. The number of aromatic nitrogens is 2. The van der Waals surface area contributed by atoms with E-state index in [0.717, 1.165) is 11.1 Å². The minimum atomic E-state index is -0.494. The Morgan fingerprint density at radius 3 is 2.42 bits per heavy atom. The van der Waals surface area contributed by atoms with Gasteiger partial charge in [-0.2, -0.15) is 0 Å². The fourth-order valence-electron chi connectivity index (χ4n) is 3.80. The molecule has 1 aromatic heterocycles. The maximum Gasteiger partial charge on any atom is 0.262 e. The fraction of sp³-hybridized carbons (Fsp3) is 0.267. The zero-order chi connectivity index (χ0) is 27.3. The van der Waals surface area contributed by atoms with Gasteiger partial charge in [-0.05, 0) is 41.8 Å². The normalized spacial score (nSPS) is 11.5. The van der Waals surface area contributed by atoms with Crippen LogP contribution in [0.5, 0.6) is 0 Å². The predicted octanol–water partition coefficient (Wildman–Crippen LogP) is 5.93. The summed E-state index contributed by atoms with van der Waals surface area (Å²) in [5.74, 6) is -0.0247. The van der Waals surface area contributed by atoms with Crippen LogP contribution in [0, 0.1) is 5.41 Å². The number of thioether (sulfide) groups is 1. The topological polar surface area (TPSA) is 81.1 Å². The monoisotopic (exact) mass is 547 g/mol. The molecule has 0 aliphatic heterocycles. The number of rotatable bonds is 9. The van der Waals surface area contributed by atoms with Crippen LogP contribution in [0.25, 0.3) is 10.9 Å². The van der Waals surface area contributed by atoms with Crippen LogP contribution in [-0.4, -0.2) is 27.0 Å². The van der Waals surface area contributed by atoms with Gasteiger partial charge in [0.2, 0.25) is 0 Å². The molecule has 0 radical (unpaired) electrons. The molecule has 0 spiro atoms. The van der Waals surface area contributed by atoms with Crippen molar-refractivity contribution in [1.29, 1.82) is 0 Å². The standard InChI is InChI=1S/C30H30ClN3O3S/c1-30(2,3)26(35)19-38-29-33-25-17-21(27(36)32-18-22-11-7-8-12-24(22)31)13-14-23(25)28(37)34(29)16-15-20-9-5-4-6-10-20/h4-14,17H,15-16,18-19H2,1-3H3,(H,32,36). The lowest BCUT2D eigenvalue weighted by Crippen LogP contribution is -2.27. The van der Waals surface area contributed by atoms with Gasteiger partial charge in [0, 0.05) is 29.1 Å². The van der Waals surface area contributed by atoms with Crippen molar-refractivity contribution < 1.29 is 9.59 Å². The molecule has 0 aliphatic rings. The quantitative estimate of drug-likeness (QED) is 0.207. The largest absolute Gasteiger partial charge is 0.348 e. The van der Waals surface area contributed by atoms with Gasteiger partial charge in [-0.3, -0.25) is 19.0 Å². The Morgan fingerprint density at radius 2 is 1.71 bits per heavy atom. The number of benzene rings is 3. The highest BCUT2D eigenvalue weighted by Gasteiger charge is 2.22. The highest BCUT2D eigenvalue weighted by Crippen LogP contribution is 2.24. The van der Waals surface area contributed by atoms with Crippen molar-refractivity contribution in [2.75, 3.05) is 5.75 Å². The Balaban J connectivity index is 1.64. The molecular formula is C30H30ClN3O3S. The Bertz CT molecular complexity index is 1530. The van der Waals surface area contributed by atoms with E-state index in [2.05, 4.69) is 5.32 Å². The van der Waals surface area contributed by atoms with Gasteiger partial charge < -0.3 is 5.32 Å². The third-order valence-electron chi connectivity index (χ3n) is 6.22. The van der Waals surface area contributed by atoms with Crippen molar-refractivity contribution in [3.8, 4) is 0 Å². The number of carbonyl (C=O) groups is 2. The van der Waals surface area contributed by atoms with E-state index in [1.807, 2.05) is 69.3 Å². The second-order valence-electron chi connectivity index (χ2n) is 10.1. The maximum atomic E-state index is 13.6. The average molecular weight is 548 g/mol. The van der Waals surface area contributed by atoms with Crippen molar-refractivity contribution in [1.82, 2.24) is 14.9 Å². The molecule has 0 bridgehead atoms. The number of ketones is 1. The summed E-state index contributed by atoms with van der Waals surface area (Å²) in [6, 6.07) is 22.1. The molecule has 8 heteroatoms. The zero-order valence-electron chi connectivity index (χ0n) is 21.7. The lowest BCUT2D eigenvalue weighted by atomic mass is 9.92. The van der Waals surface area contributed by atoms with Crippen LogP contribution in [0.2, 0.25) is 5.02 Å². The number of hydrogen-bond donors (Lipinski definition) is 1. The Labute approximate surface area is 231 Å². The summed E-state index contributed by atoms with van der Waals surface area (Å²) in [5.41, 5.74) is 2.03. The molecule has 4 rings (SSSR count). The first kappa shape index (κ1) is 27.6. The van der Waals surface area contributed by atoms with Crippen LogP contribution in [0.3, 0.4) is 0 Å². The number of halogens is 1. The first-order chi connectivity index (χ1) is 18.1. The molecule has 0 aliphatic carbocycles. The van der Waals surface area contributed by atoms with Crippen molar-refractivity contribution in [3.05, 3.63) is 105 Å². The van der Waals surface area contributed by atoms with Crippen molar-refractivity contribution in [2.45, 2.75) is 45.4 Å². The average Bonchev–Trinajstić information content (AvgIpc) is 2.90. The highest BCUT2D eigenvalue weighted by atomic mass is 35.5. The molecule has 38 heavy (non-hydrogen) atoms. The first-order valence-electron chi connectivity index (χ1n) is 12.4. The predicted molar refractivity (Wildman–Crippen MR) is 154 cm³/mol. The van der Waals surface area contributed by atoms with Crippen LogP contribution in [0.1, 0.15) is 42.3 Å². The molecule has 3 aromatic carbocycles. The van der Waals surface area contributed by atoms with Crippen LogP contribution in [-0.2, 0) is 24.3 Å². The third kappa shape index (κ3) is 6.71. The van der Waals surface area contributed by atoms with Gasteiger partial charge in [0.25, 0.3) is 11.5 Å². The molecule has 0 fully saturated rings. The Hall–Kier alpha value is -3.42. The van der Waals surface area contributed by atoms with E-state index >= 15 is 0 Å². The van der Waals surface area contributed by atoms with Gasteiger partial charge in [-0.25, -0.2) is 4.98 Å². The van der Waals surface area contributed by atoms with Crippen LogP contribution in [0.4, 0.5) is 0 Å². The second-order valence-corrected chi connectivity index (χ2v) is 11.4. The molecule has 0 saturated carbocycles. The Morgan fingerprint density at radius 1 is 1.00 bits per heavy atom. The van der Waals surface area contributed by atoms with Crippen molar-refractivity contribution in [2.24, 2.45) is 5.41 Å². The SMILES string of the molecule is CC(C)(C)C(=O)CSc1nc2cc(C(=O)NCc3ccccc3Cl)ccc2c(=O)n1CCc1ccccc1. The summed E-state index contributed by atoms with van der Waals surface area (Å²) in [6.45, 7) is 6.33. The highest BCUT2D eigenvalue weighted by molar-refractivity contribution is 7.99. The molecule has 1 amide bonds. The van der Waals surface area contributed by atoms with E-state index in [4.69, 9.17) is 16.6 Å². The number of carbonyl (C=O) groups excluding carboxylic acids is 2. The number of nitrogens with one attached hydrogen (secondary N) is 1. The molecule has 1 heterocycles. The number of Topliss-reactive ketones (excluding diaryl/α,β-unsaturated/α-hetero) is 1. The second kappa shape index (κ2) is 12.0. The van der Waals surface area contributed by atoms with Crippen LogP contribution >= 0.6 is 23.4 Å². The lowest BCUT2D eigenvalue weighted by Gasteiger charge is -2.17. The van der Waals surface area contributed by atoms with E-state index in [9.17, 15) is 14.4 Å².